The van der Waals surface area contributed by atoms with E-state index in [9.17, 15) is 5.11 Å². The molecule has 2 rings (SSSR count). The van der Waals surface area contributed by atoms with Crippen LogP contribution in [0, 0.1) is 0 Å². The predicted octanol–water partition coefficient (Wildman–Crippen LogP) is 2.53. The van der Waals surface area contributed by atoms with Gasteiger partial charge in [-0.05, 0) is 24.6 Å². The number of aromatic nitrogens is 1. The molecule has 1 atom stereocenters. The highest BCUT2D eigenvalue weighted by molar-refractivity contribution is 5.23. The van der Waals surface area contributed by atoms with Gasteiger partial charge < -0.3 is 5.11 Å². The summed E-state index contributed by atoms with van der Waals surface area (Å²) < 4.78 is 0. The van der Waals surface area contributed by atoms with E-state index in [1.807, 2.05) is 55.5 Å². The van der Waals surface area contributed by atoms with Crippen LogP contribution >= 0.6 is 0 Å². The fraction of sp³-hybridized carbons (Fsp3) is 0.214. The molecule has 0 saturated heterocycles. The highest BCUT2D eigenvalue weighted by Gasteiger charge is 2.23. The van der Waals surface area contributed by atoms with Gasteiger partial charge in [0.25, 0.3) is 0 Å². The number of rotatable bonds is 3. The van der Waals surface area contributed by atoms with Crippen molar-refractivity contribution in [1.82, 2.24) is 4.98 Å². The third-order valence-electron chi connectivity index (χ3n) is 2.65. The van der Waals surface area contributed by atoms with Crippen molar-refractivity contribution < 1.29 is 5.11 Å². The Morgan fingerprint density at radius 1 is 1.06 bits per heavy atom. The molecule has 2 aromatic rings. The average Bonchev–Trinajstić information content (AvgIpc) is 2.31. The summed E-state index contributed by atoms with van der Waals surface area (Å²) in [6.45, 7) is 1.82. The van der Waals surface area contributed by atoms with E-state index in [0.717, 1.165) is 11.3 Å². The van der Waals surface area contributed by atoms with Crippen LogP contribution in [0.4, 0.5) is 0 Å². The SMILES string of the molecule is C[C@](O)(Cc1ccccn1)c1ccccc1. The van der Waals surface area contributed by atoms with Gasteiger partial charge in [0.1, 0.15) is 0 Å². The van der Waals surface area contributed by atoms with Crippen LogP contribution in [0.2, 0.25) is 0 Å². The van der Waals surface area contributed by atoms with Crippen molar-refractivity contribution in [3.63, 3.8) is 0 Å². The molecule has 0 spiro atoms. The predicted molar refractivity (Wildman–Crippen MR) is 64.0 cm³/mol. The largest absolute Gasteiger partial charge is 0.385 e. The van der Waals surface area contributed by atoms with E-state index in [2.05, 4.69) is 4.98 Å². The van der Waals surface area contributed by atoms with E-state index in [0.29, 0.717) is 6.42 Å². The second-order valence-electron chi connectivity index (χ2n) is 4.14. The van der Waals surface area contributed by atoms with Gasteiger partial charge in [-0.1, -0.05) is 36.4 Å². The van der Waals surface area contributed by atoms with Crippen molar-refractivity contribution in [1.29, 1.82) is 0 Å². The van der Waals surface area contributed by atoms with Crippen molar-refractivity contribution >= 4 is 0 Å². The van der Waals surface area contributed by atoms with Crippen molar-refractivity contribution in [2.75, 3.05) is 0 Å². The van der Waals surface area contributed by atoms with Crippen molar-refractivity contribution in [3.05, 3.63) is 66.0 Å². The summed E-state index contributed by atoms with van der Waals surface area (Å²) in [4.78, 5) is 4.23. The van der Waals surface area contributed by atoms with E-state index in [1.54, 1.807) is 6.20 Å². The Morgan fingerprint density at radius 2 is 1.75 bits per heavy atom. The van der Waals surface area contributed by atoms with Gasteiger partial charge in [0, 0.05) is 18.3 Å². The van der Waals surface area contributed by atoms with Crippen molar-refractivity contribution in [2.24, 2.45) is 0 Å². The summed E-state index contributed by atoms with van der Waals surface area (Å²) in [5, 5.41) is 10.4. The highest BCUT2D eigenvalue weighted by Crippen LogP contribution is 2.23. The molecule has 0 unspecified atom stereocenters. The zero-order chi connectivity index (χ0) is 11.4. The highest BCUT2D eigenvalue weighted by atomic mass is 16.3. The van der Waals surface area contributed by atoms with Gasteiger partial charge in [-0.2, -0.15) is 0 Å². The fourth-order valence-corrected chi connectivity index (χ4v) is 1.75. The Bertz CT molecular complexity index is 437. The van der Waals surface area contributed by atoms with E-state index in [-0.39, 0.29) is 0 Å². The first-order chi connectivity index (χ1) is 7.68. The maximum absolute atomic E-state index is 10.4. The van der Waals surface area contributed by atoms with Gasteiger partial charge in [0.05, 0.1) is 5.60 Å². The van der Waals surface area contributed by atoms with E-state index < -0.39 is 5.60 Å². The molecular formula is C14H15NO. The van der Waals surface area contributed by atoms with E-state index >= 15 is 0 Å². The second-order valence-corrected chi connectivity index (χ2v) is 4.14. The van der Waals surface area contributed by atoms with Gasteiger partial charge in [-0.3, -0.25) is 4.98 Å². The smallest absolute Gasteiger partial charge is 0.0923 e. The van der Waals surface area contributed by atoms with Crippen LogP contribution in [0.3, 0.4) is 0 Å². The normalized spacial score (nSPS) is 14.4. The summed E-state index contributed by atoms with van der Waals surface area (Å²) in [7, 11) is 0. The lowest BCUT2D eigenvalue weighted by Crippen LogP contribution is -2.24. The number of hydrogen-bond acceptors (Lipinski definition) is 2. The van der Waals surface area contributed by atoms with Crippen LogP contribution in [0.1, 0.15) is 18.2 Å². The zero-order valence-corrected chi connectivity index (χ0v) is 9.30. The quantitative estimate of drug-likeness (QED) is 0.850. The van der Waals surface area contributed by atoms with Gasteiger partial charge in [-0.25, -0.2) is 0 Å². The second kappa shape index (κ2) is 4.45. The van der Waals surface area contributed by atoms with Crippen LogP contribution in [0.5, 0.6) is 0 Å². The minimum atomic E-state index is -0.865. The molecule has 0 fully saturated rings. The number of benzene rings is 1. The summed E-state index contributed by atoms with van der Waals surface area (Å²) in [5.41, 5.74) is 0.951. The van der Waals surface area contributed by atoms with Gasteiger partial charge >= 0.3 is 0 Å². The summed E-state index contributed by atoms with van der Waals surface area (Å²) in [6.07, 6.45) is 2.27. The van der Waals surface area contributed by atoms with Crippen molar-refractivity contribution in [2.45, 2.75) is 18.9 Å². The molecule has 0 amide bonds. The molecule has 1 N–H and O–H groups in total. The maximum Gasteiger partial charge on any atom is 0.0923 e. The molecule has 1 heterocycles. The molecule has 16 heavy (non-hydrogen) atoms. The summed E-state index contributed by atoms with van der Waals surface area (Å²) >= 11 is 0. The Morgan fingerprint density at radius 3 is 2.38 bits per heavy atom. The van der Waals surface area contributed by atoms with Crippen LogP contribution in [0.25, 0.3) is 0 Å². The van der Waals surface area contributed by atoms with Gasteiger partial charge in [0.2, 0.25) is 0 Å². The third-order valence-corrected chi connectivity index (χ3v) is 2.65. The lowest BCUT2D eigenvalue weighted by Gasteiger charge is -2.23. The molecule has 1 aromatic carbocycles. The molecule has 0 radical (unpaired) electrons. The van der Waals surface area contributed by atoms with Gasteiger partial charge in [0.15, 0.2) is 0 Å². The topological polar surface area (TPSA) is 33.1 Å². The molecule has 2 heteroatoms. The molecule has 1 aromatic heterocycles. The first kappa shape index (κ1) is 10.8. The van der Waals surface area contributed by atoms with Crippen LogP contribution in [-0.4, -0.2) is 10.1 Å². The molecule has 82 valence electrons. The lowest BCUT2D eigenvalue weighted by molar-refractivity contribution is 0.0566. The molecular weight excluding hydrogens is 198 g/mol. The Kier molecular flexibility index (Phi) is 3.02. The van der Waals surface area contributed by atoms with Crippen LogP contribution in [-0.2, 0) is 12.0 Å². The number of nitrogens with zero attached hydrogens (tertiary/aromatic N) is 1. The Labute approximate surface area is 95.6 Å². The number of pyridine rings is 1. The molecule has 2 nitrogen and oxygen atoms in total. The summed E-state index contributed by atoms with van der Waals surface area (Å²) in [5.74, 6) is 0. The maximum atomic E-state index is 10.4. The zero-order valence-electron chi connectivity index (χ0n) is 9.30. The molecule has 0 saturated carbocycles. The Hall–Kier alpha value is -1.67. The van der Waals surface area contributed by atoms with Crippen molar-refractivity contribution in [3.8, 4) is 0 Å². The molecule has 0 aliphatic heterocycles. The number of hydrogen-bond donors (Lipinski definition) is 1. The summed E-state index contributed by atoms with van der Waals surface area (Å²) in [6, 6.07) is 15.4. The van der Waals surface area contributed by atoms with E-state index in [1.165, 1.54) is 0 Å². The van der Waals surface area contributed by atoms with E-state index in [4.69, 9.17) is 0 Å². The number of aliphatic hydroxyl groups is 1. The molecule has 0 aliphatic carbocycles. The van der Waals surface area contributed by atoms with Crippen LogP contribution in [0.15, 0.2) is 54.7 Å². The fourth-order valence-electron chi connectivity index (χ4n) is 1.75. The van der Waals surface area contributed by atoms with Gasteiger partial charge in [-0.15, -0.1) is 0 Å². The minimum absolute atomic E-state index is 0.526. The molecule has 0 bridgehead atoms. The standard InChI is InChI=1S/C14H15NO/c1-14(16,12-7-3-2-4-8-12)11-13-9-5-6-10-15-13/h2-10,16H,11H2,1H3/t14-/m0/s1. The Balaban J connectivity index is 2.21. The first-order valence-corrected chi connectivity index (χ1v) is 5.36. The molecule has 0 aliphatic rings. The average molecular weight is 213 g/mol. The lowest BCUT2D eigenvalue weighted by atomic mass is 9.91. The minimum Gasteiger partial charge on any atom is -0.385 e. The van der Waals surface area contributed by atoms with Crippen LogP contribution < -0.4 is 0 Å². The third kappa shape index (κ3) is 2.47. The first-order valence-electron chi connectivity index (χ1n) is 5.36. The monoisotopic (exact) mass is 213 g/mol.